The molecular weight excluding hydrogens is 531 g/mol. The Bertz CT molecular complexity index is 1010. The second-order valence-electron chi connectivity index (χ2n) is 6.99. The topological polar surface area (TPSA) is 50.7 Å². The molecule has 0 saturated heterocycles. The fraction of sp³-hybridized carbons (Fsp3) is 0.217. The van der Waals surface area contributed by atoms with Crippen molar-refractivity contribution >= 4 is 58.8 Å². The zero-order valence-electron chi connectivity index (χ0n) is 16.9. The van der Waals surface area contributed by atoms with Crippen molar-refractivity contribution in [3.8, 4) is 0 Å². The van der Waals surface area contributed by atoms with Crippen LogP contribution in [0.5, 0.6) is 0 Å². The summed E-state index contributed by atoms with van der Waals surface area (Å²) in [5.74, 6) is -0.0347. The van der Waals surface area contributed by atoms with Crippen LogP contribution in [0.1, 0.15) is 19.4 Å². The third-order valence-corrected chi connectivity index (χ3v) is 7.21. The number of ether oxygens (including phenoxy) is 1. The first kappa shape index (κ1) is 22.8. The Kier molecular flexibility index (Phi) is 7.95. The first-order valence-corrected chi connectivity index (χ1v) is 12.3. The fourth-order valence-corrected chi connectivity index (χ4v) is 5.87. The van der Waals surface area contributed by atoms with Crippen LogP contribution in [-0.2, 0) is 16.1 Å². The second kappa shape index (κ2) is 10.4. The van der Waals surface area contributed by atoms with Crippen LogP contribution < -0.4 is 5.32 Å². The Balaban J connectivity index is 2.03. The van der Waals surface area contributed by atoms with Gasteiger partial charge >= 0.3 is 197 Å². The third-order valence-electron chi connectivity index (χ3n) is 4.23. The average molecular weight is 553 g/mol. The molecule has 0 fully saturated rings. The molecule has 0 unspecified atom stereocenters. The van der Waals surface area contributed by atoms with E-state index in [0.717, 1.165) is 30.5 Å². The number of methoxy groups -OCH3 is 1. The van der Waals surface area contributed by atoms with Crippen LogP contribution in [0.2, 0.25) is 5.02 Å². The molecule has 0 amide bonds. The van der Waals surface area contributed by atoms with Crippen LogP contribution in [-0.4, -0.2) is 32.6 Å². The van der Waals surface area contributed by atoms with Crippen LogP contribution in [0.25, 0.3) is 0 Å². The molecule has 0 aromatic heterocycles. The Labute approximate surface area is 196 Å². The molecule has 0 spiro atoms. The standard InChI is InChI=1S/C23H22BrClN2O2Se/c1-14(2)12-19-20(23(28)29-3)21(26-13-15-4-6-16(24)7-5-15)22(30-19)27-18-10-8-17(25)9-11-18/h4-12,14,26H,13H2,1-3H3/b19-12-,27-22?. The van der Waals surface area contributed by atoms with Gasteiger partial charge in [-0.15, -0.1) is 0 Å². The van der Waals surface area contributed by atoms with E-state index in [4.69, 9.17) is 21.3 Å². The number of esters is 1. The van der Waals surface area contributed by atoms with Crippen LogP contribution in [0.15, 0.2) is 79.8 Å². The third kappa shape index (κ3) is 5.85. The number of carbonyl (C=O) groups excluding carboxylic acids is 1. The van der Waals surface area contributed by atoms with Crippen molar-refractivity contribution in [3.05, 3.63) is 85.4 Å². The predicted octanol–water partition coefficient (Wildman–Crippen LogP) is 5.61. The molecule has 1 heterocycles. The molecule has 3 rings (SSSR count). The zero-order valence-corrected chi connectivity index (χ0v) is 21.0. The van der Waals surface area contributed by atoms with Gasteiger partial charge in [-0.2, -0.15) is 0 Å². The monoisotopic (exact) mass is 552 g/mol. The number of allylic oxidation sites excluding steroid dienone is 2. The Morgan fingerprint density at radius 1 is 1.20 bits per heavy atom. The summed E-state index contributed by atoms with van der Waals surface area (Å²) in [6.07, 6.45) is 2.12. The number of nitrogens with zero attached hydrogens (tertiary/aromatic N) is 1. The second-order valence-corrected chi connectivity index (χ2v) is 10.5. The van der Waals surface area contributed by atoms with Crippen molar-refractivity contribution in [3.63, 3.8) is 0 Å². The summed E-state index contributed by atoms with van der Waals surface area (Å²) in [6.45, 7) is 4.77. The summed E-state index contributed by atoms with van der Waals surface area (Å²) >= 11 is 9.35. The van der Waals surface area contributed by atoms with E-state index in [1.165, 1.54) is 7.11 Å². The van der Waals surface area contributed by atoms with Gasteiger partial charge in [0.1, 0.15) is 0 Å². The van der Waals surface area contributed by atoms with Gasteiger partial charge in [0.25, 0.3) is 0 Å². The number of hydrogen-bond acceptors (Lipinski definition) is 4. The minimum absolute atomic E-state index is 0.116. The van der Waals surface area contributed by atoms with E-state index in [1.54, 1.807) is 0 Å². The Morgan fingerprint density at radius 2 is 1.87 bits per heavy atom. The summed E-state index contributed by atoms with van der Waals surface area (Å²) in [4.78, 5) is 17.5. The molecule has 30 heavy (non-hydrogen) atoms. The summed E-state index contributed by atoms with van der Waals surface area (Å²) in [5.41, 5.74) is 3.23. The maximum absolute atomic E-state index is 12.7. The van der Waals surface area contributed by atoms with Gasteiger partial charge in [-0.3, -0.25) is 0 Å². The molecule has 0 aliphatic carbocycles. The van der Waals surface area contributed by atoms with Crippen molar-refractivity contribution in [2.45, 2.75) is 20.4 Å². The number of carbonyl (C=O) groups is 1. The minimum atomic E-state index is -0.344. The average Bonchev–Trinajstić information content (AvgIpc) is 3.04. The molecule has 0 saturated carbocycles. The van der Waals surface area contributed by atoms with Gasteiger partial charge in [0, 0.05) is 0 Å². The quantitative estimate of drug-likeness (QED) is 0.375. The van der Waals surface area contributed by atoms with E-state index < -0.39 is 0 Å². The molecule has 1 aliphatic rings. The van der Waals surface area contributed by atoms with E-state index in [9.17, 15) is 4.79 Å². The van der Waals surface area contributed by atoms with E-state index in [2.05, 4.69) is 41.2 Å². The number of aliphatic imine (C=N–C) groups is 1. The SMILES string of the molecule is COC(=O)C1=C(NCc2ccc(Br)cc2)C(=Nc2ccc(Cl)cc2)[Se]/C1=C\C(C)C. The van der Waals surface area contributed by atoms with Gasteiger partial charge in [0.05, 0.1) is 0 Å². The summed E-state index contributed by atoms with van der Waals surface area (Å²) in [5, 5.41) is 4.11. The number of hydrogen-bond donors (Lipinski definition) is 1. The van der Waals surface area contributed by atoms with Crippen LogP contribution in [0.3, 0.4) is 0 Å². The molecule has 2 aromatic carbocycles. The van der Waals surface area contributed by atoms with Crippen LogP contribution in [0, 0.1) is 5.92 Å². The summed E-state index contributed by atoms with van der Waals surface area (Å²) < 4.78 is 8.00. The molecule has 156 valence electrons. The summed E-state index contributed by atoms with van der Waals surface area (Å²) in [7, 11) is 1.41. The number of halogens is 2. The first-order chi connectivity index (χ1) is 14.4. The Morgan fingerprint density at radius 3 is 2.47 bits per heavy atom. The van der Waals surface area contributed by atoms with Gasteiger partial charge < -0.3 is 0 Å². The van der Waals surface area contributed by atoms with E-state index in [1.807, 2.05) is 48.5 Å². The van der Waals surface area contributed by atoms with Crippen LogP contribution in [0.4, 0.5) is 5.69 Å². The van der Waals surface area contributed by atoms with Crippen LogP contribution >= 0.6 is 27.5 Å². The molecule has 4 nitrogen and oxygen atoms in total. The van der Waals surface area contributed by atoms with E-state index >= 15 is 0 Å². The molecule has 1 aliphatic heterocycles. The number of benzene rings is 2. The normalized spacial score (nSPS) is 16.6. The molecule has 0 radical (unpaired) electrons. The number of nitrogens with one attached hydrogen (secondary N) is 1. The van der Waals surface area contributed by atoms with Gasteiger partial charge in [-0.05, 0) is 0 Å². The Hall–Kier alpha value is -1.85. The van der Waals surface area contributed by atoms with Crippen molar-refractivity contribution in [1.82, 2.24) is 5.32 Å². The van der Waals surface area contributed by atoms with E-state index in [-0.39, 0.29) is 20.9 Å². The molecule has 2 aromatic rings. The van der Waals surface area contributed by atoms with Gasteiger partial charge in [-0.25, -0.2) is 0 Å². The van der Waals surface area contributed by atoms with Crippen molar-refractivity contribution < 1.29 is 9.53 Å². The van der Waals surface area contributed by atoms with Crippen molar-refractivity contribution in [1.29, 1.82) is 0 Å². The fourth-order valence-electron chi connectivity index (χ4n) is 2.83. The predicted molar refractivity (Wildman–Crippen MR) is 127 cm³/mol. The molecular formula is C23H22BrClN2O2Se. The van der Waals surface area contributed by atoms with Gasteiger partial charge in [0.15, 0.2) is 0 Å². The molecule has 7 heteroatoms. The molecule has 0 atom stereocenters. The molecule has 1 N–H and O–H groups in total. The van der Waals surface area contributed by atoms with E-state index in [0.29, 0.717) is 23.1 Å². The maximum atomic E-state index is 12.7. The van der Waals surface area contributed by atoms with Crippen molar-refractivity contribution in [2.75, 3.05) is 7.11 Å². The van der Waals surface area contributed by atoms with Crippen molar-refractivity contribution in [2.24, 2.45) is 10.9 Å². The molecule has 0 bridgehead atoms. The number of rotatable bonds is 6. The van der Waals surface area contributed by atoms with Gasteiger partial charge in [-0.1, -0.05) is 0 Å². The van der Waals surface area contributed by atoms with Gasteiger partial charge in [0.2, 0.25) is 0 Å². The summed E-state index contributed by atoms with van der Waals surface area (Å²) in [6, 6.07) is 15.4. The first-order valence-electron chi connectivity index (χ1n) is 9.43. The zero-order chi connectivity index (χ0) is 21.7.